The minimum Gasteiger partial charge on any atom is -0.495 e. The van der Waals surface area contributed by atoms with Gasteiger partial charge in [0.1, 0.15) is 5.75 Å². The van der Waals surface area contributed by atoms with Gasteiger partial charge in [-0.1, -0.05) is 23.4 Å². The molecule has 0 heterocycles. The van der Waals surface area contributed by atoms with E-state index in [0.29, 0.717) is 12.3 Å². The van der Waals surface area contributed by atoms with Gasteiger partial charge in [-0.25, -0.2) is 8.42 Å². The Bertz CT molecular complexity index is 618. The summed E-state index contributed by atoms with van der Waals surface area (Å²) in [5, 5.41) is 0.245. The standard InChI is InChI=1S/C13H17ClN2O3S/c1-16(2)9-5-4-8-15-20(17,18)11-6-7-13(19-3)12(14)10-11/h6-7,10,15H,8-9H2,1-3H3. The highest BCUT2D eigenvalue weighted by Crippen LogP contribution is 2.26. The van der Waals surface area contributed by atoms with Gasteiger partial charge in [-0.3, -0.25) is 4.90 Å². The summed E-state index contributed by atoms with van der Waals surface area (Å²) < 4.78 is 31.4. The van der Waals surface area contributed by atoms with Crippen LogP contribution in [0.5, 0.6) is 5.75 Å². The molecule has 5 nitrogen and oxygen atoms in total. The van der Waals surface area contributed by atoms with E-state index < -0.39 is 10.0 Å². The molecule has 0 amide bonds. The molecule has 0 aromatic heterocycles. The van der Waals surface area contributed by atoms with Crippen LogP contribution in [0.1, 0.15) is 0 Å². The Morgan fingerprint density at radius 1 is 1.35 bits per heavy atom. The average Bonchev–Trinajstić information content (AvgIpc) is 2.37. The number of sulfonamides is 1. The highest BCUT2D eigenvalue weighted by Gasteiger charge is 2.14. The van der Waals surface area contributed by atoms with E-state index in [1.165, 1.54) is 25.3 Å². The lowest BCUT2D eigenvalue weighted by atomic mass is 10.3. The zero-order valence-electron chi connectivity index (χ0n) is 11.6. The van der Waals surface area contributed by atoms with Crippen LogP contribution in [0.4, 0.5) is 0 Å². The molecule has 0 fully saturated rings. The minimum atomic E-state index is -3.61. The van der Waals surface area contributed by atoms with E-state index in [2.05, 4.69) is 16.6 Å². The summed E-state index contributed by atoms with van der Waals surface area (Å²) in [6.07, 6.45) is 0. The van der Waals surface area contributed by atoms with Crippen LogP contribution in [-0.4, -0.2) is 47.6 Å². The van der Waals surface area contributed by atoms with Gasteiger partial charge in [0.2, 0.25) is 10.0 Å². The highest BCUT2D eigenvalue weighted by molar-refractivity contribution is 7.89. The number of hydrogen-bond acceptors (Lipinski definition) is 4. The van der Waals surface area contributed by atoms with E-state index in [1.807, 2.05) is 19.0 Å². The maximum absolute atomic E-state index is 12.0. The fourth-order valence-corrected chi connectivity index (χ4v) is 2.58. The first kappa shape index (κ1) is 16.8. The summed E-state index contributed by atoms with van der Waals surface area (Å²) in [6.45, 7) is 0.635. The summed E-state index contributed by atoms with van der Waals surface area (Å²) in [5.74, 6) is 6.01. The highest BCUT2D eigenvalue weighted by atomic mass is 35.5. The Morgan fingerprint density at radius 3 is 2.60 bits per heavy atom. The Balaban J connectivity index is 2.73. The molecule has 0 bridgehead atoms. The molecule has 1 N–H and O–H groups in total. The third kappa shape index (κ3) is 5.02. The molecule has 0 aliphatic heterocycles. The third-order valence-electron chi connectivity index (χ3n) is 2.30. The summed E-state index contributed by atoms with van der Waals surface area (Å²) in [5.41, 5.74) is 0. The molecule has 0 radical (unpaired) electrons. The van der Waals surface area contributed by atoms with Crippen molar-refractivity contribution in [3.8, 4) is 17.6 Å². The fourth-order valence-electron chi connectivity index (χ4n) is 1.31. The first-order chi connectivity index (χ1) is 9.36. The van der Waals surface area contributed by atoms with E-state index in [4.69, 9.17) is 16.3 Å². The largest absolute Gasteiger partial charge is 0.495 e. The number of nitrogens with one attached hydrogen (secondary N) is 1. The maximum atomic E-state index is 12.0. The molecule has 0 unspecified atom stereocenters. The van der Waals surface area contributed by atoms with Crippen LogP contribution in [-0.2, 0) is 10.0 Å². The van der Waals surface area contributed by atoms with Gasteiger partial charge < -0.3 is 4.74 Å². The van der Waals surface area contributed by atoms with Crippen molar-refractivity contribution in [2.75, 3.05) is 34.3 Å². The van der Waals surface area contributed by atoms with Crippen LogP contribution in [0.25, 0.3) is 0 Å². The topological polar surface area (TPSA) is 58.6 Å². The maximum Gasteiger partial charge on any atom is 0.241 e. The lowest BCUT2D eigenvalue weighted by molar-refractivity contribution is 0.414. The van der Waals surface area contributed by atoms with Gasteiger partial charge >= 0.3 is 0 Å². The van der Waals surface area contributed by atoms with Crippen molar-refractivity contribution in [2.24, 2.45) is 0 Å². The second-order valence-corrected chi connectivity index (χ2v) is 6.39. The van der Waals surface area contributed by atoms with Crippen LogP contribution in [0.3, 0.4) is 0 Å². The van der Waals surface area contributed by atoms with E-state index >= 15 is 0 Å². The van der Waals surface area contributed by atoms with Crippen LogP contribution >= 0.6 is 11.6 Å². The van der Waals surface area contributed by atoms with Crippen LogP contribution in [0.2, 0.25) is 5.02 Å². The van der Waals surface area contributed by atoms with Gasteiger partial charge in [0.15, 0.2) is 0 Å². The Hall–Kier alpha value is -1.26. The van der Waals surface area contributed by atoms with Gasteiger partial charge in [-0.05, 0) is 32.3 Å². The number of methoxy groups -OCH3 is 1. The lowest BCUT2D eigenvalue weighted by Crippen LogP contribution is -2.24. The molecule has 0 aliphatic carbocycles. The van der Waals surface area contributed by atoms with Gasteiger partial charge in [0.25, 0.3) is 0 Å². The summed E-state index contributed by atoms with van der Waals surface area (Å²) >= 11 is 5.90. The van der Waals surface area contributed by atoms with Crippen molar-refractivity contribution in [2.45, 2.75) is 4.90 Å². The summed E-state index contributed by atoms with van der Waals surface area (Å²) in [6, 6.07) is 4.28. The second kappa shape index (κ2) is 7.50. The molecule has 7 heteroatoms. The SMILES string of the molecule is COc1ccc(S(=O)(=O)NCC#CCN(C)C)cc1Cl. The number of benzene rings is 1. The number of nitrogens with zero attached hydrogens (tertiary/aromatic N) is 1. The summed E-state index contributed by atoms with van der Waals surface area (Å²) in [7, 11) is 1.63. The molecular weight excluding hydrogens is 300 g/mol. The monoisotopic (exact) mass is 316 g/mol. The number of halogens is 1. The Labute approximate surface area is 124 Å². The molecule has 0 saturated heterocycles. The summed E-state index contributed by atoms with van der Waals surface area (Å²) in [4.78, 5) is 1.97. The van der Waals surface area contributed by atoms with Crippen molar-refractivity contribution in [3.63, 3.8) is 0 Å². The zero-order valence-corrected chi connectivity index (χ0v) is 13.2. The first-order valence-electron chi connectivity index (χ1n) is 5.80. The molecule has 110 valence electrons. The van der Waals surface area contributed by atoms with Gasteiger partial charge in [-0.15, -0.1) is 0 Å². The molecule has 0 aliphatic rings. The number of ether oxygens (including phenoxy) is 1. The minimum absolute atomic E-state index is 0.0554. The van der Waals surface area contributed by atoms with Crippen molar-refractivity contribution in [3.05, 3.63) is 23.2 Å². The third-order valence-corrected chi connectivity index (χ3v) is 4.00. The van der Waals surface area contributed by atoms with Crippen molar-refractivity contribution in [1.82, 2.24) is 9.62 Å². The molecule has 1 aromatic carbocycles. The van der Waals surface area contributed by atoms with Crippen LogP contribution in [0.15, 0.2) is 23.1 Å². The predicted molar refractivity (Wildman–Crippen MR) is 79.5 cm³/mol. The number of hydrogen-bond donors (Lipinski definition) is 1. The normalized spacial score (nSPS) is 11.1. The van der Waals surface area contributed by atoms with Crippen molar-refractivity contribution >= 4 is 21.6 Å². The second-order valence-electron chi connectivity index (χ2n) is 4.21. The molecule has 0 spiro atoms. The number of rotatable bonds is 5. The molecule has 20 heavy (non-hydrogen) atoms. The molecule has 0 saturated carbocycles. The van der Waals surface area contributed by atoms with E-state index in [-0.39, 0.29) is 16.5 Å². The van der Waals surface area contributed by atoms with Gasteiger partial charge in [0, 0.05) is 0 Å². The first-order valence-corrected chi connectivity index (χ1v) is 7.66. The molecule has 1 aromatic rings. The van der Waals surface area contributed by atoms with Gasteiger partial charge in [0.05, 0.1) is 30.1 Å². The van der Waals surface area contributed by atoms with E-state index in [1.54, 1.807) is 0 Å². The van der Waals surface area contributed by atoms with E-state index in [0.717, 1.165) is 0 Å². The predicted octanol–water partition coefficient (Wildman–Crippen LogP) is 1.19. The van der Waals surface area contributed by atoms with Crippen LogP contribution < -0.4 is 9.46 Å². The van der Waals surface area contributed by atoms with Crippen LogP contribution in [0, 0.1) is 11.8 Å². The molecule has 1 rings (SSSR count). The van der Waals surface area contributed by atoms with Gasteiger partial charge in [-0.2, -0.15) is 4.72 Å². The lowest BCUT2D eigenvalue weighted by Gasteiger charge is -2.07. The average molecular weight is 317 g/mol. The fraction of sp³-hybridized carbons (Fsp3) is 0.385. The Kier molecular flexibility index (Phi) is 6.30. The van der Waals surface area contributed by atoms with E-state index in [9.17, 15) is 8.42 Å². The quantitative estimate of drug-likeness (QED) is 0.829. The smallest absolute Gasteiger partial charge is 0.241 e. The molecule has 0 atom stereocenters. The van der Waals surface area contributed by atoms with Crippen molar-refractivity contribution in [1.29, 1.82) is 0 Å². The Morgan fingerprint density at radius 2 is 2.05 bits per heavy atom. The van der Waals surface area contributed by atoms with Crippen molar-refractivity contribution < 1.29 is 13.2 Å². The molecular formula is C13H17ClN2O3S. The zero-order chi connectivity index (χ0) is 15.2.